The molecule has 2 atom stereocenters. The van der Waals surface area contributed by atoms with E-state index in [0.29, 0.717) is 75.7 Å². The lowest BCUT2D eigenvalue weighted by Gasteiger charge is -2.46. The first kappa shape index (κ1) is 49.6. The normalized spacial score (nSPS) is 18.6. The number of ether oxygens (including phenoxy) is 2. The molecule has 0 radical (unpaired) electrons. The van der Waals surface area contributed by atoms with Crippen LogP contribution in [0.1, 0.15) is 117 Å². The number of unbranched alkanes of at least 4 members (excludes halogenated alkanes) is 2. The number of esters is 1. The first-order valence-electron chi connectivity index (χ1n) is 23.0. The summed E-state index contributed by atoms with van der Waals surface area (Å²) in [4.78, 5) is 76.7. The fraction of sp³-hybridized carbons (Fsp3) is 0.612. The van der Waals surface area contributed by atoms with E-state index < -0.39 is 28.7 Å². The van der Waals surface area contributed by atoms with Gasteiger partial charge >= 0.3 is 12.0 Å². The number of amides is 5. The number of likely N-dealkylation sites (tertiary alicyclic amines) is 1. The summed E-state index contributed by atoms with van der Waals surface area (Å²) in [5, 5.41) is 6.54. The predicted molar refractivity (Wildman–Crippen MR) is 252 cm³/mol. The summed E-state index contributed by atoms with van der Waals surface area (Å²) < 4.78 is 12.1. The van der Waals surface area contributed by atoms with Crippen molar-refractivity contribution in [2.24, 2.45) is 15.9 Å². The van der Waals surface area contributed by atoms with Crippen LogP contribution in [0.15, 0.2) is 70.6 Å². The molecule has 0 saturated carbocycles. The quantitative estimate of drug-likeness (QED) is 0.0752. The summed E-state index contributed by atoms with van der Waals surface area (Å²) in [5.74, 6) is 0.320. The van der Waals surface area contributed by atoms with Crippen molar-refractivity contribution in [3.05, 3.63) is 66.2 Å². The minimum atomic E-state index is -1.14. The lowest BCUT2D eigenvalue weighted by atomic mass is 9.84. The van der Waals surface area contributed by atoms with Gasteiger partial charge in [-0.05, 0) is 96.8 Å². The van der Waals surface area contributed by atoms with E-state index in [1.165, 1.54) is 5.56 Å². The number of fused-ring (bicyclic) bond motifs is 1. The van der Waals surface area contributed by atoms with Gasteiger partial charge in [-0.15, -0.1) is 0 Å². The van der Waals surface area contributed by atoms with Gasteiger partial charge < -0.3 is 25.0 Å². The largest absolute Gasteiger partial charge is 0.464 e. The zero-order chi connectivity index (χ0) is 45.3. The Hall–Kier alpha value is -4.40. The van der Waals surface area contributed by atoms with Crippen LogP contribution in [0.25, 0.3) is 0 Å². The zero-order valence-corrected chi connectivity index (χ0v) is 39.0. The van der Waals surface area contributed by atoms with Gasteiger partial charge in [0, 0.05) is 92.1 Å². The second-order valence-corrected chi connectivity index (χ2v) is 19.5. The fourth-order valence-corrected chi connectivity index (χ4v) is 9.91. The molecule has 63 heavy (non-hydrogen) atoms. The molecular weight excluding hydrogens is 817 g/mol. The van der Waals surface area contributed by atoms with Crippen LogP contribution in [0.4, 0.5) is 10.5 Å². The molecule has 2 aromatic rings. The van der Waals surface area contributed by atoms with Crippen molar-refractivity contribution >= 4 is 59.1 Å². The van der Waals surface area contributed by atoms with E-state index >= 15 is 0 Å². The van der Waals surface area contributed by atoms with Crippen LogP contribution in [0.5, 0.6) is 0 Å². The van der Waals surface area contributed by atoms with E-state index in [2.05, 4.69) is 37.7 Å². The minimum Gasteiger partial charge on any atom is -0.464 e. The van der Waals surface area contributed by atoms with Gasteiger partial charge in [0.25, 0.3) is 0 Å². The molecule has 0 spiro atoms. The number of anilines is 1. The van der Waals surface area contributed by atoms with E-state index in [-0.39, 0.29) is 43.1 Å². The summed E-state index contributed by atoms with van der Waals surface area (Å²) >= 11 is 1.84. The number of thioether (sulfide) groups is 1. The van der Waals surface area contributed by atoms with E-state index in [9.17, 15) is 24.0 Å². The van der Waals surface area contributed by atoms with Crippen LogP contribution < -0.4 is 15.5 Å². The van der Waals surface area contributed by atoms with Crippen molar-refractivity contribution < 1.29 is 33.4 Å². The maximum absolute atomic E-state index is 14.1. The summed E-state index contributed by atoms with van der Waals surface area (Å²) in [7, 11) is 0. The molecule has 5 amide bonds. The predicted octanol–water partition coefficient (Wildman–Crippen LogP) is 7.74. The number of piperidine rings is 1. The number of benzene rings is 2. The number of carbonyl (C=O) groups is 5. The van der Waals surface area contributed by atoms with Gasteiger partial charge in [-0.25, -0.2) is 14.6 Å². The van der Waals surface area contributed by atoms with E-state index in [1.54, 1.807) is 11.1 Å². The molecule has 2 fully saturated rings. The highest BCUT2D eigenvalue weighted by Crippen LogP contribution is 2.37. The molecular formula is C49H70N6O7S. The highest BCUT2D eigenvalue weighted by Gasteiger charge is 2.50. The Morgan fingerprint density at radius 2 is 1.59 bits per heavy atom. The van der Waals surface area contributed by atoms with Gasteiger partial charge in [-0.2, -0.15) is 16.8 Å². The molecule has 2 aromatic carbocycles. The van der Waals surface area contributed by atoms with Crippen LogP contribution in [-0.4, -0.2) is 114 Å². The molecule has 13 nitrogen and oxygen atoms in total. The van der Waals surface area contributed by atoms with Crippen molar-refractivity contribution in [3.8, 4) is 0 Å². The maximum Gasteiger partial charge on any atom is 0.366 e. The molecule has 3 aliphatic heterocycles. The Labute approximate surface area is 379 Å². The smallest absolute Gasteiger partial charge is 0.366 e. The van der Waals surface area contributed by atoms with Crippen LogP contribution in [0, 0.1) is 5.92 Å². The summed E-state index contributed by atoms with van der Waals surface area (Å²) in [5.41, 5.74) is 0.836. The van der Waals surface area contributed by atoms with Gasteiger partial charge in [0.1, 0.15) is 5.54 Å². The van der Waals surface area contributed by atoms with E-state index in [1.807, 2.05) is 94.9 Å². The van der Waals surface area contributed by atoms with Crippen LogP contribution in [-0.2, 0) is 35.1 Å². The number of rotatable bonds is 25. The number of aliphatic imine (C=N–C) groups is 2. The van der Waals surface area contributed by atoms with Crippen molar-refractivity contribution in [1.29, 1.82) is 0 Å². The average Bonchev–Trinajstić information content (AvgIpc) is 3.66. The number of hydrogen-bond acceptors (Lipinski definition) is 9. The van der Waals surface area contributed by atoms with Crippen LogP contribution in [0.2, 0.25) is 0 Å². The molecule has 5 rings (SSSR count). The SMILES string of the molecule is CCC(=O)N(c1ccccc1)C1(C(=O)OCCCC(=O)NCCC(C)(C)OCCC(C)(C)NC(=O)CCCCC[C@@H]2SCC3=NC(=O)N=CC32)CCN(CCc2ccccc2)CC1. The number of para-hydroxylation sites is 1. The molecule has 14 heteroatoms. The van der Waals surface area contributed by atoms with Crippen LogP contribution >= 0.6 is 11.8 Å². The lowest BCUT2D eigenvalue weighted by Crippen LogP contribution is -2.63. The minimum absolute atomic E-state index is 0.0371. The van der Waals surface area contributed by atoms with Crippen molar-refractivity contribution in [1.82, 2.24) is 15.5 Å². The Morgan fingerprint density at radius 1 is 0.889 bits per heavy atom. The monoisotopic (exact) mass is 887 g/mol. The van der Waals surface area contributed by atoms with E-state index in [4.69, 9.17) is 9.47 Å². The van der Waals surface area contributed by atoms with Crippen molar-refractivity contribution in [2.45, 2.75) is 140 Å². The zero-order valence-electron chi connectivity index (χ0n) is 38.2. The molecule has 0 aromatic heterocycles. The molecule has 2 N–H and O–H groups in total. The number of hydrogen-bond donors (Lipinski definition) is 2. The highest BCUT2D eigenvalue weighted by atomic mass is 32.2. The fourth-order valence-electron chi connectivity index (χ4n) is 8.51. The lowest BCUT2D eigenvalue weighted by molar-refractivity contribution is -0.154. The Kier molecular flexibility index (Phi) is 18.9. The van der Waals surface area contributed by atoms with Crippen molar-refractivity contribution in [2.75, 3.05) is 50.0 Å². The summed E-state index contributed by atoms with van der Waals surface area (Å²) in [6.45, 7) is 13.0. The Balaban J connectivity index is 0.971. The number of nitrogens with one attached hydrogen (secondary N) is 2. The molecule has 1 unspecified atom stereocenters. The second kappa shape index (κ2) is 24.0. The van der Waals surface area contributed by atoms with Gasteiger partial charge in [0.2, 0.25) is 17.7 Å². The third-order valence-corrected chi connectivity index (χ3v) is 13.8. The van der Waals surface area contributed by atoms with Crippen molar-refractivity contribution in [3.63, 3.8) is 0 Å². The summed E-state index contributed by atoms with van der Waals surface area (Å²) in [6.07, 6.45) is 9.94. The standard InChI is InChI=1S/C49H70N6O7S/c1-6-44(58)55(38-19-12-8-13-20-38)49(26-31-54(32-27-49)30-24-37-17-10-7-11-18-37)45(59)61-33-16-23-42(56)50-29-25-48(4,5)62-34-28-47(2,3)53-43(57)22-15-9-14-21-41-39-35-51-46(60)52-40(39)36-63-41/h7-8,10-13,17-20,35,39,41H,6,9,14-16,21-34,36H2,1-5H3,(H,50,56)(H,53,57)/t39?,41-/m0/s1. The van der Waals surface area contributed by atoms with Gasteiger partial charge in [-0.3, -0.25) is 19.3 Å². The molecule has 3 heterocycles. The van der Waals surface area contributed by atoms with Gasteiger partial charge in [-0.1, -0.05) is 68.3 Å². The molecule has 2 saturated heterocycles. The molecule has 0 bridgehead atoms. The van der Waals surface area contributed by atoms with Gasteiger partial charge in [0.15, 0.2) is 0 Å². The van der Waals surface area contributed by atoms with E-state index in [0.717, 1.165) is 50.1 Å². The molecule has 3 aliphatic rings. The Bertz CT molecular complexity index is 1880. The summed E-state index contributed by atoms with van der Waals surface area (Å²) in [6, 6.07) is 19.3. The number of urea groups is 1. The van der Waals surface area contributed by atoms with Crippen LogP contribution in [0.3, 0.4) is 0 Å². The average molecular weight is 887 g/mol. The maximum atomic E-state index is 14.1. The first-order chi connectivity index (χ1) is 30.2. The second-order valence-electron chi connectivity index (χ2n) is 18.3. The first-order valence-corrected chi connectivity index (χ1v) is 24.1. The molecule has 0 aliphatic carbocycles. The Morgan fingerprint density at radius 3 is 2.30 bits per heavy atom. The third-order valence-electron chi connectivity index (χ3n) is 12.4. The topological polar surface area (TPSA) is 159 Å². The molecule has 344 valence electrons. The van der Waals surface area contributed by atoms with Gasteiger partial charge in [0.05, 0.1) is 12.2 Å². The number of carbonyl (C=O) groups excluding carboxylic acids is 5. The third kappa shape index (κ3) is 15.4. The number of nitrogens with zero attached hydrogens (tertiary/aromatic N) is 4. The highest BCUT2D eigenvalue weighted by molar-refractivity contribution is 8.01.